The first kappa shape index (κ1) is 19.1. The van der Waals surface area contributed by atoms with Crippen molar-refractivity contribution in [1.82, 2.24) is 9.62 Å². The molecule has 0 fully saturated rings. The van der Waals surface area contributed by atoms with E-state index in [9.17, 15) is 8.42 Å². The van der Waals surface area contributed by atoms with Crippen molar-refractivity contribution in [3.05, 3.63) is 35.4 Å². The van der Waals surface area contributed by atoms with Crippen LogP contribution in [0.15, 0.2) is 24.3 Å². The molecule has 4 nitrogen and oxygen atoms in total. The van der Waals surface area contributed by atoms with E-state index in [0.717, 1.165) is 18.5 Å². The Balaban J connectivity index is 2.44. The number of hydrogen-bond acceptors (Lipinski definition) is 3. The highest BCUT2D eigenvalue weighted by Crippen LogP contribution is 2.22. The summed E-state index contributed by atoms with van der Waals surface area (Å²) in [6.07, 6.45) is 1.37. The largest absolute Gasteiger partial charge is 0.309 e. The second-order valence-corrected chi connectivity index (χ2v) is 8.99. The fourth-order valence-corrected chi connectivity index (χ4v) is 3.22. The standard InChI is InChI=1S/C17H30N2O2S/c1-17(2,3)16-9-7-15(8-10-16)11-14-22(20,21)18-12-6-13-19(4)5/h7-10,18H,6,11-14H2,1-5H3. The van der Waals surface area contributed by atoms with Crippen LogP contribution in [-0.4, -0.2) is 46.3 Å². The van der Waals surface area contributed by atoms with Crippen molar-refractivity contribution in [2.24, 2.45) is 0 Å². The molecule has 0 heterocycles. The van der Waals surface area contributed by atoms with Gasteiger partial charge in [-0.25, -0.2) is 13.1 Å². The maximum absolute atomic E-state index is 12.0. The summed E-state index contributed by atoms with van der Waals surface area (Å²) < 4.78 is 26.6. The third-order valence-electron chi connectivity index (χ3n) is 3.58. The van der Waals surface area contributed by atoms with Gasteiger partial charge in [0.2, 0.25) is 10.0 Å². The first-order chi connectivity index (χ1) is 10.1. The monoisotopic (exact) mass is 326 g/mol. The van der Waals surface area contributed by atoms with E-state index in [4.69, 9.17) is 0 Å². The van der Waals surface area contributed by atoms with Gasteiger partial charge in [-0.2, -0.15) is 0 Å². The molecule has 0 saturated carbocycles. The van der Waals surface area contributed by atoms with Crippen LogP contribution in [0.3, 0.4) is 0 Å². The van der Waals surface area contributed by atoms with Gasteiger partial charge < -0.3 is 4.90 Å². The molecule has 0 aliphatic rings. The Labute approximate surface area is 136 Å². The minimum atomic E-state index is -3.18. The Bertz CT molecular complexity index is 543. The van der Waals surface area contributed by atoms with Crippen LogP contribution in [0.5, 0.6) is 0 Å². The molecule has 5 heteroatoms. The summed E-state index contributed by atoms with van der Waals surface area (Å²) in [5.74, 6) is 0.143. The average molecular weight is 327 g/mol. The number of nitrogens with one attached hydrogen (secondary N) is 1. The first-order valence-corrected chi connectivity index (χ1v) is 9.47. The maximum Gasteiger partial charge on any atom is 0.211 e. The summed E-state index contributed by atoms with van der Waals surface area (Å²) in [5, 5.41) is 0. The number of aryl methyl sites for hydroxylation is 1. The van der Waals surface area contributed by atoms with Crippen LogP contribution in [-0.2, 0) is 21.9 Å². The van der Waals surface area contributed by atoms with Gasteiger partial charge in [0.15, 0.2) is 0 Å². The Hall–Kier alpha value is -0.910. The van der Waals surface area contributed by atoms with Crippen LogP contribution in [0.2, 0.25) is 0 Å². The van der Waals surface area contributed by atoms with Crippen molar-refractivity contribution in [3.63, 3.8) is 0 Å². The zero-order valence-corrected chi connectivity index (χ0v) is 15.3. The van der Waals surface area contributed by atoms with Gasteiger partial charge in [-0.1, -0.05) is 45.0 Å². The Morgan fingerprint density at radius 2 is 1.68 bits per heavy atom. The topological polar surface area (TPSA) is 49.4 Å². The van der Waals surface area contributed by atoms with Crippen molar-refractivity contribution in [2.45, 2.75) is 39.0 Å². The molecular weight excluding hydrogens is 296 g/mol. The highest BCUT2D eigenvalue weighted by Gasteiger charge is 2.14. The molecule has 0 unspecified atom stereocenters. The molecule has 22 heavy (non-hydrogen) atoms. The van der Waals surface area contributed by atoms with Crippen molar-refractivity contribution in [3.8, 4) is 0 Å². The second kappa shape index (κ2) is 8.09. The van der Waals surface area contributed by atoms with Gasteiger partial charge in [0.25, 0.3) is 0 Å². The molecule has 0 atom stereocenters. The molecule has 0 radical (unpaired) electrons. The zero-order chi connectivity index (χ0) is 16.8. The number of nitrogens with zero attached hydrogens (tertiary/aromatic N) is 1. The minimum absolute atomic E-state index is 0.124. The van der Waals surface area contributed by atoms with E-state index in [-0.39, 0.29) is 11.2 Å². The lowest BCUT2D eigenvalue weighted by molar-refractivity contribution is 0.400. The number of benzene rings is 1. The van der Waals surface area contributed by atoms with E-state index in [1.807, 2.05) is 31.1 Å². The summed E-state index contributed by atoms with van der Waals surface area (Å²) in [7, 11) is 0.779. The molecule has 1 rings (SSSR count). The van der Waals surface area contributed by atoms with Crippen molar-refractivity contribution in [1.29, 1.82) is 0 Å². The third kappa shape index (κ3) is 7.38. The van der Waals surface area contributed by atoms with Gasteiger partial charge in [-0.05, 0) is 50.0 Å². The predicted octanol–water partition coefficient (Wildman–Crippen LogP) is 2.40. The van der Waals surface area contributed by atoms with Crippen LogP contribution in [0.25, 0.3) is 0 Å². The van der Waals surface area contributed by atoms with Gasteiger partial charge in [0.05, 0.1) is 5.75 Å². The van der Waals surface area contributed by atoms with Crippen molar-refractivity contribution in [2.75, 3.05) is 32.9 Å². The zero-order valence-electron chi connectivity index (χ0n) is 14.5. The quantitative estimate of drug-likeness (QED) is 0.746. The fraction of sp³-hybridized carbons (Fsp3) is 0.647. The van der Waals surface area contributed by atoms with Gasteiger partial charge in [0, 0.05) is 6.54 Å². The molecule has 0 spiro atoms. The molecule has 0 aliphatic carbocycles. The summed E-state index contributed by atoms with van der Waals surface area (Å²) in [6.45, 7) is 7.90. The predicted molar refractivity (Wildman–Crippen MR) is 93.8 cm³/mol. The second-order valence-electron chi connectivity index (χ2n) is 7.07. The van der Waals surface area contributed by atoms with Gasteiger partial charge >= 0.3 is 0 Å². The lowest BCUT2D eigenvalue weighted by Crippen LogP contribution is -2.30. The normalized spacial score (nSPS) is 12.8. The van der Waals surface area contributed by atoms with E-state index in [0.29, 0.717) is 13.0 Å². The maximum atomic E-state index is 12.0. The van der Waals surface area contributed by atoms with Crippen molar-refractivity contribution >= 4 is 10.0 Å². The molecule has 1 aromatic carbocycles. The third-order valence-corrected chi connectivity index (χ3v) is 4.97. The van der Waals surface area contributed by atoms with E-state index >= 15 is 0 Å². The Kier molecular flexibility index (Phi) is 7.03. The molecular formula is C17H30N2O2S. The van der Waals surface area contributed by atoms with E-state index < -0.39 is 10.0 Å². The molecule has 1 N–H and O–H groups in total. The van der Waals surface area contributed by atoms with Crippen LogP contribution in [0.4, 0.5) is 0 Å². The Morgan fingerprint density at radius 1 is 1.09 bits per heavy atom. The van der Waals surface area contributed by atoms with Crippen molar-refractivity contribution < 1.29 is 8.42 Å². The molecule has 0 aromatic heterocycles. The highest BCUT2D eigenvalue weighted by atomic mass is 32.2. The number of hydrogen-bond donors (Lipinski definition) is 1. The van der Waals surface area contributed by atoms with Crippen LogP contribution in [0, 0.1) is 0 Å². The molecule has 0 aliphatic heterocycles. The summed E-state index contributed by atoms with van der Waals surface area (Å²) in [6, 6.07) is 8.24. The smallest absolute Gasteiger partial charge is 0.211 e. The fourth-order valence-electron chi connectivity index (χ4n) is 2.12. The van der Waals surface area contributed by atoms with Crippen LogP contribution in [0.1, 0.15) is 38.3 Å². The molecule has 1 aromatic rings. The Morgan fingerprint density at radius 3 is 2.18 bits per heavy atom. The van der Waals surface area contributed by atoms with Gasteiger partial charge in [0.1, 0.15) is 0 Å². The van der Waals surface area contributed by atoms with Gasteiger partial charge in [-0.3, -0.25) is 0 Å². The first-order valence-electron chi connectivity index (χ1n) is 7.82. The summed E-state index contributed by atoms with van der Waals surface area (Å²) in [4.78, 5) is 2.05. The van der Waals surface area contributed by atoms with Gasteiger partial charge in [-0.15, -0.1) is 0 Å². The number of rotatable bonds is 8. The van der Waals surface area contributed by atoms with Crippen LogP contribution >= 0.6 is 0 Å². The summed E-state index contributed by atoms with van der Waals surface area (Å²) >= 11 is 0. The highest BCUT2D eigenvalue weighted by molar-refractivity contribution is 7.89. The van der Waals surface area contributed by atoms with Crippen LogP contribution < -0.4 is 4.72 Å². The minimum Gasteiger partial charge on any atom is -0.309 e. The lowest BCUT2D eigenvalue weighted by atomic mass is 9.86. The lowest BCUT2D eigenvalue weighted by Gasteiger charge is -2.19. The van der Waals surface area contributed by atoms with E-state index in [1.54, 1.807) is 0 Å². The molecule has 0 bridgehead atoms. The molecule has 0 saturated heterocycles. The summed E-state index contributed by atoms with van der Waals surface area (Å²) in [5.41, 5.74) is 2.45. The molecule has 0 amide bonds. The molecule has 126 valence electrons. The van der Waals surface area contributed by atoms with E-state index in [2.05, 4.69) is 37.6 Å². The average Bonchev–Trinajstić information content (AvgIpc) is 2.41. The number of sulfonamides is 1. The SMILES string of the molecule is CN(C)CCCNS(=O)(=O)CCc1ccc(C(C)(C)C)cc1. The van der Waals surface area contributed by atoms with E-state index in [1.165, 1.54) is 5.56 Å².